The monoisotopic (exact) mass is 285 g/mol. The summed E-state index contributed by atoms with van der Waals surface area (Å²) in [4.78, 5) is 12.1. The zero-order chi connectivity index (χ0) is 14.8. The largest absolute Gasteiger partial charge is 0.464 e. The van der Waals surface area contributed by atoms with Crippen molar-refractivity contribution in [3.63, 3.8) is 0 Å². The van der Waals surface area contributed by atoms with Crippen molar-refractivity contribution in [2.75, 3.05) is 6.61 Å². The minimum absolute atomic E-state index is 0.292. The van der Waals surface area contributed by atoms with E-state index in [0.717, 1.165) is 10.9 Å². The highest BCUT2D eigenvalue weighted by Crippen LogP contribution is 2.30. The van der Waals surface area contributed by atoms with Crippen LogP contribution in [0.2, 0.25) is 0 Å². The summed E-state index contributed by atoms with van der Waals surface area (Å²) in [6, 6.07) is 9.24. The van der Waals surface area contributed by atoms with Gasteiger partial charge in [-0.1, -0.05) is 18.2 Å². The van der Waals surface area contributed by atoms with Crippen LogP contribution >= 0.6 is 0 Å². The Bertz CT molecular complexity index is 762. The number of carbonyl (C=O) groups excluding carboxylic acids is 1. The Balaban J connectivity index is 2.18. The lowest BCUT2D eigenvalue weighted by atomic mass is 10.2. The van der Waals surface area contributed by atoms with Crippen LogP contribution in [0.1, 0.15) is 19.9 Å². The Labute approximate surface area is 121 Å². The number of ether oxygens (including phenoxy) is 1. The summed E-state index contributed by atoms with van der Waals surface area (Å²) in [5.41, 5.74) is 1.63. The van der Waals surface area contributed by atoms with Crippen molar-refractivity contribution >= 4 is 16.9 Å². The first-order valence-corrected chi connectivity index (χ1v) is 6.75. The van der Waals surface area contributed by atoms with Gasteiger partial charge in [0.2, 0.25) is 6.39 Å². The van der Waals surface area contributed by atoms with Crippen LogP contribution in [0.25, 0.3) is 22.5 Å². The van der Waals surface area contributed by atoms with Gasteiger partial charge in [0.25, 0.3) is 5.89 Å². The van der Waals surface area contributed by atoms with E-state index in [2.05, 4.69) is 10.2 Å². The van der Waals surface area contributed by atoms with Crippen molar-refractivity contribution in [3.8, 4) is 11.6 Å². The molecule has 3 aromatic rings. The number of nitrogens with zero attached hydrogens (tertiary/aromatic N) is 3. The van der Waals surface area contributed by atoms with Crippen LogP contribution in [0, 0.1) is 0 Å². The minimum Gasteiger partial charge on any atom is -0.464 e. The van der Waals surface area contributed by atoms with E-state index in [-0.39, 0.29) is 5.97 Å². The Morgan fingerprint density at radius 3 is 2.95 bits per heavy atom. The summed E-state index contributed by atoms with van der Waals surface area (Å²) in [6.07, 6.45) is 1.27. The number of hydrogen-bond acceptors (Lipinski definition) is 5. The van der Waals surface area contributed by atoms with Gasteiger partial charge in [0.05, 0.1) is 6.61 Å². The number of hydrogen-bond donors (Lipinski definition) is 0. The lowest BCUT2D eigenvalue weighted by molar-refractivity contribution is -0.146. The van der Waals surface area contributed by atoms with Gasteiger partial charge < -0.3 is 13.7 Å². The molecule has 0 amide bonds. The third-order valence-corrected chi connectivity index (χ3v) is 3.34. The van der Waals surface area contributed by atoms with Crippen LogP contribution in [-0.4, -0.2) is 27.3 Å². The Morgan fingerprint density at radius 2 is 2.24 bits per heavy atom. The van der Waals surface area contributed by atoms with Gasteiger partial charge in [-0.15, -0.1) is 10.2 Å². The molecule has 1 atom stereocenters. The predicted octanol–water partition coefficient (Wildman–Crippen LogP) is 2.82. The number of para-hydroxylation sites is 1. The van der Waals surface area contributed by atoms with Gasteiger partial charge in [-0.05, 0) is 26.0 Å². The molecule has 2 aromatic heterocycles. The zero-order valence-electron chi connectivity index (χ0n) is 11.8. The number of aromatic nitrogens is 3. The van der Waals surface area contributed by atoms with E-state index in [0.29, 0.717) is 18.2 Å². The molecule has 0 fully saturated rings. The molecular formula is C15H15N3O3. The average molecular weight is 285 g/mol. The smallest absolute Gasteiger partial charge is 0.328 e. The highest BCUT2D eigenvalue weighted by molar-refractivity contribution is 5.88. The topological polar surface area (TPSA) is 70.2 Å². The molecule has 6 nitrogen and oxygen atoms in total. The first-order chi connectivity index (χ1) is 10.2. The van der Waals surface area contributed by atoms with Crippen molar-refractivity contribution in [1.82, 2.24) is 14.8 Å². The molecule has 0 bridgehead atoms. The Kier molecular flexibility index (Phi) is 3.43. The van der Waals surface area contributed by atoms with E-state index in [1.54, 1.807) is 13.8 Å². The average Bonchev–Trinajstić information content (AvgIpc) is 3.13. The van der Waals surface area contributed by atoms with E-state index in [9.17, 15) is 4.79 Å². The normalized spacial score (nSPS) is 12.5. The molecule has 1 unspecified atom stereocenters. The van der Waals surface area contributed by atoms with Crippen molar-refractivity contribution in [2.45, 2.75) is 19.9 Å². The molecule has 0 aliphatic carbocycles. The maximum Gasteiger partial charge on any atom is 0.328 e. The first-order valence-electron chi connectivity index (χ1n) is 6.75. The molecule has 108 valence electrons. The van der Waals surface area contributed by atoms with E-state index >= 15 is 0 Å². The van der Waals surface area contributed by atoms with Crippen molar-refractivity contribution in [3.05, 3.63) is 36.7 Å². The molecule has 1 aromatic carbocycles. The molecule has 0 spiro atoms. The van der Waals surface area contributed by atoms with Gasteiger partial charge in [-0.25, -0.2) is 4.79 Å². The van der Waals surface area contributed by atoms with Crippen molar-refractivity contribution < 1.29 is 13.9 Å². The molecular weight excluding hydrogens is 270 g/mol. The maximum atomic E-state index is 12.1. The molecule has 0 N–H and O–H groups in total. The molecule has 2 heterocycles. The SMILES string of the molecule is CCOC(=O)C(C)n1c(-c2nnco2)cc2ccccc21. The fourth-order valence-electron chi connectivity index (χ4n) is 2.41. The second-order valence-corrected chi connectivity index (χ2v) is 4.63. The number of fused-ring (bicyclic) bond motifs is 1. The van der Waals surface area contributed by atoms with Crippen LogP contribution in [0.3, 0.4) is 0 Å². The van der Waals surface area contributed by atoms with E-state index in [1.165, 1.54) is 6.39 Å². The second-order valence-electron chi connectivity index (χ2n) is 4.63. The standard InChI is InChI=1S/C15H15N3O3/c1-3-20-15(19)10(2)18-12-7-5-4-6-11(12)8-13(18)14-17-16-9-21-14/h4-10H,3H2,1-2H3. The molecule has 0 radical (unpaired) electrons. The minimum atomic E-state index is -0.480. The highest BCUT2D eigenvalue weighted by atomic mass is 16.5. The van der Waals surface area contributed by atoms with Crippen LogP contribution in [0.5, 0.6) is 0 Å². The van der Waals surface area contributed by atoms with Crippen molar-refractivity contribution in [1.29, 1.82) is 0 Å². The first kappa shape index (κ1) is 13.4. The number of rotatable bonds is 4. The van der Waals surface area contributed by atoms with E-state index in [4.69, 9.17) is 9.15 Å². The quantitative estimate of drug-likeness (QED) is 0.689. The molecule has 21 heavy (non-hydrogen) atoms. The van der Waals surface area contributed by atoms with E-state index < -0.39 is 6.04 Å². The Morgan fingerprint density at radius 1 is 1.43 bits per heavy atom. The zero-order valence-corrected chi connectivity index (χ0v) is 11.8. The fraction of sp³-hybridized carbons (Fsp3) is 0.267. The number of benzene rings is 1. The lowest BCUT2D eigenvalue weighted by Gasteiger charge is -2.16. The number of carbonyl (C=O) groups is 1. The van der Waals surface area contributed by atoms with Gasteiger partial charge in [-0.3, -0.25) is 0 Å². The van der Waals surface area contributed by atoms with E-state index in [1.807, 2.05) is 34.9 Å². The number of esters is 1. The predicted molar refractivity (Wildman–Crippen MR) is 76.6 cm³/mol. The second kappa shape index (κ2) is 5.40. The molecule has 0 aliphatic heterocycles. The van der Waals surface area contributed by atoms with Crippen LogP contribution in [-0.2, 0) is 9.53 Å². The summed E-state index contributed by atoms with van der Waals surface area (Å²) in [7, 11) is 0. The summed E-state index contributed by atoms with van der Waals surface area (Å²) in [5, 5.41) is 8.65. The molecule has 0 saturated carbocycles. The molecule has 0 aliphatic rings. The van der Waals surface area contributed by atoms with Gasteiger partial charge in [0, 0.05) is 10.9 Å². The third kappa shape index (κ3) is 2.29. The van der Waals surface area contributed by atoms with Crippen LogP contribution in [0.4, 0.5) is 0 Å². The summed E-state index contributed by atoms with van der Waals surface area (Å²) in [5.74, 6) is 0.0852. The van der Waals surface area contributed by atoms with Gasteiger partial charge in [0.15, 0.2) is 0 Å². The summed E-state index contributed by atoms with van der Waals surface area (Å²) >= 11 is 0. The van der Waals surface area contributed by atoms with Gasteiger partial charge >= 0.3 is 5.97 Å². The maximum absolute atomic E-state index is 12.1. The third-order valence-electron chi connectivity index (χ3n) is 3.34. The molecule has 3 rings (SSSR count). The van der Waals surface area contributed by atoms with Gasteiger partial charge in [0.1, 0.15) is 11.7 Å². The Hall–Kier alpha value is -2.63. The highest BCUT2D eigenvalue weighted by Gasteiger charge is 2.23. The lowest BCUT2D eigenvalue weighted by Crippen LogP contribution is -2.19. The summed E-state index contributed by atoms with van der Waals surface area (Å²) < 4.78 is 12.3. The van der Waals surface area contributed by atoms with Gasteiger partial charge in [-0.2, -0.15) is 0 Å². The summed E-state index contributed by atoms with van der Waals surface area (Å²) in [6.45, 7) is 3.93. The molecule has 6 heteroatoms. The fourth-order valence-corrected chi connectivity index (χ4v) is 2.41. The van der Waals surface area contributed by atoms with Crippen LogP contribution < -0.4 is 0 Å². The molecule has 0 saturated heterocycles. The van der Waals surface area contributed by atoms with Crippen molar-refractivity contribution in [2.24, 2.45) is 0 Å². The van der Waals surface area contributed by atoms with Crippen LogP contribution in [0.15, 0.2) is 41.1 Å².